The van der Waals surface area contributed by atoms with E-state index in [0.29, 0.717) is 12.8 Å². The number of nitriles is 1. The van der Waals surface area contributed by atoms with Crippen LogP contribution in [-0.2, 0) is 11.2 Å². The largest absolute Gasteiger partial charge is 0.432 e. The third kappa shape index (κ3) is 7.38. The molecule has 11 heteroatoms. The Morgan fingerprint density at radius 3 is 2.12 bits per heavy atom. The van der Waals surface area contributed by atoms with E-state index in [1.165, 1.54) is 0 Å². The molecule has 0 radical (unpaired) electrons. The average Bonchev–Trinajstić information content (AvgIpc) is 3.54. The zero-order valence-corrected chi connectivity index (χ0v) is 17.8. The van der Waals surface area contributed by atoms with Crippen molar-refractivity contribution in [3.63, 3.8) is 0 Å². The highest BCUT2D eigenvalue weighted by Crippen LogP contribution is 2.35. The van der Waals surface area contributed by atoms with Gasteiger partial charge in [0.2, 0.25) is 5.91 Å². The molecule has 0 aliphatic heterocycles. The number of hydrogen-bond donors (Lipinski definition) is 2. The minimum Gasteiger partial charge on any atom is -0.432 e. The number of carbonyl (C=O) groups excluding carboxylic acids is 1. The van der Waals surface area contributed by atoms with Crippen molar-refractivity contribution < 1.29 is 35.9 Å². The summed E-state index contributed by atoms with van der Waals surface area (Å²) in [6.45, 7) is -1.31. The summed E-state index contributed by atoms with van der Waals surface area (Å²) in [4.78, 5) is 12.6. The maximum atomic E-state index is 14.7. The quantitative estimate of drug-likeness (QED) is 0.465. The van der Waals surface area contributed by atoms with Gasteiger partial charge < -0.3 is 10.1 Å². The van der Waals surface area contributed by atoms with Gasteiger partial charge in [0.25, 0.3) is 5.92 Å². The third-order valence-electron chi connectivity index (χ3n) is 5.16. The predicted octanol–water partition coefficient (Wildman–Crippen LogP) is 4.34. The van der Waals surface area contributed by atoms with E-state index in [9.17, 15) is 31.1 Å². The third-order valence-corrected chi connectivity index (χ3v) is 5.16. The van der Waals surface area contributed by atoms with Gasteiger partial charge in [0.05, 0.1) is 12.1 Å². The van der Waals surface area contributed by atoms with Crippen LogP contribution in [0.4, 0.5) is 26.3 Å². The summed E-state index contributed by atoms with van der Waals surface area (Å²) in [6.07, 6.45) is -5.31. The Bertz CT molecular complexity index is 1030. The SMILES string of the molecule is N#CC1(NC(=O)C(CC(F)(F)Cc2ccc(F)cc2)NCC(F)(F)Oc2ccc(F)cc2)CC1. The zero-order valence-electron chi connectivity index (χ0n) is 17.8. The molecule has 2 aromatic rings. The fourth-order valence-corrected chi connectivity index (χ4v) is 3.20. The fourth-order valence-electron chi connectivity index (χ4n) is 3.20. The van der Waals surface area contributed by atoms with E-state index in [1.807, 2.05) is 6.07 Å². The smallest absolute Gasteiger partial charge is 0.410 e. The molecule has 1 atom stereocenters. The Hall–Kier alpha value is -3.26. The second kappa shape index (κ2) is 9.93. The Labute approximate surface area is 191 Å². The van der Waals surface area contributed by atoms with Crippen molar-refractivity contribution in [3.8, 4) is 11.8 Å². The van der Waals surface area contributed by atoms with E-state index in [1.54, 1.807) is 0 Å². The molecule has 0 heterocycles. The summed E-state index contributed by atoms with van der Waals surface area (Å²) in [5, 5.41) is 13.6. The van der Waals surface area contributed by atoms with Gasteiger partial charge in [-0.2, -0.15) is 14.0 Å². The van der Waals surface area contributed by atoms with Gasteiger partial charge in [-0.3, -0.25) is 10.1 Å². The number of carbonyl (C=O) groups is 1. The van der Waals surface area contributed by atoms with Crippen molar-refractivity contribution in [2.24, 2.45) is 0 Å². The average molecular weight is 485 g/mol. The summed E-state index contributed by atoms with van der Waals surface area (Å²) in [5.41, 5.74) is -1.11. The van der Waals surface area contributed by atoms with Crippen LogP contribution in [0.2, 0.25) is 0 Å². The molecule has 1 aliphatic carbocycles. The minimum absolute atomic E-state index is 0.0891. The monoisotopic (exact) mass is 485 g/mol. The summed E-state index contributed by atoms with van der Waals surface area (Å²) in [5.74, 6) is -6.20. The standard InChI is InChI=1S/C23H21F6N3O2/c24-16-3-1-15(2-4-16)11-22(26,27)12-19(20(33)32-21(13-30)9-10-21)31-14-23(28,29)34-18-7-5-17(25)6-8-18/h1-8,19,31H,9-12,14H2,(H,32,33). The molecule has 182 valence electrons. The van der Waals surface area contributed by atoms with Crippen LogP contribution < -0.4 is 15.4 Å². The second-order valence-corrected chi connectivity index (χ2v) is 8.17. The second-order valence-electron chi connectivity index (χ2n) is 8.17. The van der Waals surface area contributed by atoms with Crippen molar-refractivity contribution in [1.82, 2.24) is 10.6 Å². The Balaban J connectivity index is 1.69. The molecule has 1 saturated carbocycles. The van der Waals surface area contributed by atoms with E-state index in [0.717, 1.165) is 48.5 Å². The lowest BCUT2D eigenvalue weighted by Crippen LogP contribution is -2.53. The highest BCUT2D eigenvalue weighted by molar-refractivity contribution is 5.83. The van der Waals surface area contributed by atoms with Crippen molar-refractivity contribution in [2.45, 2.75) is 49.3 Å². The molecule has 0 spiro atoms. The van der Waals surface area contributed by atoms with Gasteiger partial charge in [-0.05, 0) is 54.8 Å². The zero-order chi connectivity index (χ0) is 25.0. The van der Waals surface area contributed by atoms with E-state index >= 15 is 0 Å². The number of amides is 1. The lowest BCUT2D eigenvalue weighted by Gasteiger charge is -2.27. The molecular weight excluding hydrogens is 464 g/mol. The summed E-state index contributed by atoms with van der Waals surface area (Å²) >= 11 is 0. The van der Waals surface area contributed by atoms with Crippen LogP contribution in [0.25, 0.3) is 0 Å². The van der Waals surface area contributed by atoms with E-state index in [2.05, 4.69) is 15.4 Å². The number of hydrogen-bond acceptors (Lipinski definition) is 4. The van der Waals surface area contributed by atoms with Gasteiger partial charge in [-0.1, -0.05) is 12.1 Å². The number of alkyl halides is 4. The molecular formula is C23H21F6N3O2. The normalized spacial score (nSPS) is 15.8. The van der Waals surface area contributed by atoms with Crippen LogP contribution in [0.5, 0.6) is 5.75 Å². The van der Waals surface area contributed by atoms with E-state index in [-0.39, 0.29) is 11.3 Å². The summed E-state index contributed by atoms with van der Waals surface area (Å²) in [7, 11) is 0. The van der Waals surface area contributed by atoms with Crippen LogP contribution >= 0.6 is 0 Å². The first-order valence-corrected chi connectivity index (χ1v) is 10.3. The minimum atomic E-state index is -3.92. The maximum Gasteiger partial charge on any atom is 0.410 e. The molecule has 2 N–H and O–H groups in total. The molecule has 0 bridgehead atoms. The molecule has 3 rings (SSSR count). The first-order valence-electron chi connectivity index (χ1n) is 10.3. The maximum absolute atomic E-state index is 14.7. The van der Waals surface area contributed by atoms with E-state index < -0.39 is 60.5 Å². The molecule has 2 aromatic carbocycles. The van der Waals surface area contributed by atoms with E-state index in [4.69, 9.17) is 5.26 Å². The molecule has 0 aromatic heterocycles. The number of nitrogens with one attached hydrogen (secondary N) is 2. The van der Waals surface area contributed by atoms with Crippen LogP contribution in [-0.4, -0.2) is 36.1 Å². The van der Waals surface area contributed by atoms with Crippen LogP contribution in [0.3, 0.4) is 0 Å². The fraction of sp³-hybridized carbons (Fsp3) is 0.391. The van der Waals surface area contributed by atoms with Crippen LogP contribution in [0.15, 0.2) is 48.5 Å². The lowest BCUT2D eigenvalue weighted by atomic mass is 9.99. The van der Waals surface area contributed by atoms with Gasteiger partial charge in [-0.25, -0.2) is 17.6 Å². The molecule has 1 fully saturated rings. The number of nitrogens with zero attached hydrogens (tertiary/aromatic N) is 1. The van der Waals surface area contributed by atoms with Gasteiger partial charge in [-0.15, -0.1) is 0 Å². The van der Waals surface area contributed by atoms with Gasteiger partial charge in [0, 0.05) is 12.8 Å². The number of halogens is 6. The van der Waals surface area contributed by atoms with Crippen molar-refractivity contribution >= 4 is 5.91 Å². The Kier molecular flexibility index (Phi) is 7.41. The molecule has 1 unspecified atom stereocenters. The molecule has 1 aliphatic rings. The molecule has 34 heavy (non-hydrogen) atoms. The molecule has 5 nitrogen and oxygen atoms in total. The van der Waals surface area contributed by atoms with Crippen LogP contribution in [0, 0.1) is 23.0 Å². The highest BCUT2D eigenvalue weighted by atomic mass is 19.3. The number of rotatable bonds is 11. The Morgan fingerprint density at radius 2 is 1.59 bits per heavy atom. The van der Waals surface area contributed by atoms with Gasteiger partial charge >= 0.3 is 6.11 Å². The molecule has 1 amide bonds. The summed E-state index contributed by atoms with van der Waals surface area (Å²) < 4.78 is 88.5. The van der Waals surface area contributed by atoms with Crippen molar-refractivity contribution in [1.29, 1.82) is 5.26 Å². The lowest BCUT2D eigenvalue weighted by molar-refractivity contribution is -0.174. The first-order chi connectivity index (χ1) is 15.9. The van der Waals surface area contributed by atoms with Crippen LogP contribution in [0.1, 0.15) is 24.8 Å². The topological polar surface area (TPSA) is 74.2 Å². The van der Waals surface area contributed by atoms with Gasteiger partial charge in [0.15, 0.2) is 0 Å². The Morgan fingerprint density at radius 1 is 1.03 bits per heavy atom. The predicted molar refractivity (Wildman–Crippen MR) is 109 cm³/mol. The number of benzene rings is 2. The van der Waals surface area contributed by atoms with Gasteiger partial charge in [0.1, 0.15) is 29.5 Å². The molecule has 0 saturated heterocycles. The first kappa shape index (κ1) is 25.4. The summed E-state index contributed by atoms with van der Waals surface area (Å²) in [6, 6.07) is 8.15. The highest BCUT2D eigenvalue weighted by Gasteiger charge is 2.47. The number of ether oxygens (including phenoxy) is 1. The van der Waals surface area contributed by atoms with Crippen molar-refractivity contribution in [2.75, 3.05) is 6.54 Å². The van der Waals surface area contributed by atoms with Crippen molar-refractivity contribution in [3.05, 3.63) is 65.7 Å².